The van der Waals surface area contributed by atoms with Gasteiger partial charge in [0, 0.05) is 29.7 Å². The second-order valence-corrected chi connectivity index (χ2v) is 12.3. The predicted molar refractivity (Wildman–Crippen MR) is 162 cm³/mol. The SMILES string of the molecule is CCCCCCCCCCCCCCCC(=O)SC[C@@H]1O[C@@H](Oc2ccc3c(C)cc(=O)oc3c2)[C@@H](O)[C@@H](O)[C@@H]1O. The lowest BCUT2D eigenvalue weighted by Crippen LogP contribution is -2.59. The zero-order chi connectivity index (χ0) is 29.6. The Morgan fingerprint density at radius 2 is 1.46 bits per heavy atom. The molecule has 1 aromatic heterocycles. The van der Waals surface area contributed by atoms with E-state index in [1.54, 1.807) is 19.1 Å². The minimum atomic E-state index is -1.51. The van der Waals surface area contributed by atoms with Crippen molar-refractivity contribution in [3.05, 3.63) is 40.2 Å². The highest BCUT2D eigenvalue weighted by molar-refractivity contribution is 8.13. The van der Waals surface area contributed by atoms with Gasteiger partial charge in [-0.3, -0.25) is 4.79 Å². The highest BCUT2D eigenvalue weighted by Crippen LogP contribution is 2.29. The summed E-state index contributed by atoms with van der Waals surface area (Å²) >= 11 is 1.07. The van der Waals surface area contributed by atoms with Crippen molar-refractivity contribution in [2.45, 2.75) is 134 Å². The van der Waals surface area contributed by atoms with E-state index in [-0.39, 0.29) is 16.6 Å². The van der Waals surface area contributed by atoms with Gasteiger partial charge in [0.05, 0.1) is 6.10 Å². The molecule has 0 aliphatic carbocycles. The van der Waals surface area contributed by atoms with Gasteiger partial charge in [-0.15, -0.1) is 0 Å². The number of hydrogen-bond donors (Lipinski definition) is 3. The first-order valence-electron chi connectivity index (χ1n) is 15.4. The Hall–Kier alpha value is -1.91. The molecule has 3 rings (SSSR count). The second-order valence-electron chi connectivity index (χ2n) is 11.2. The van der Waals surface area contributed by atoms with Crippen LogP contribution in [0, 0.1) is 6.92 Å². The van der Waals surface area contributed by atoms with Crippen LogP contribution in [0.2, 0.25) is 0 Å². The van der Waals surface area contributed by atoms with E-state index in [4.69, 9.17) is 13.9 Å². The van der Waals surface area contributed by atoms with Gasteiger partial charge in [-0.2, -0.15) is 0 Å². The molecule has 230 valence electrons. The Morgan fingerprint density at radius 1 is 0.854 bits per heavy atom. The molecular weight excluding hydrogens is 544 g/mol. The maximum Gasteiger partial charge on any atom is 0.336 e. The molecule has 9 heteroatoms. The number of fused-ring (bicyclic) bond motifs is 1. The minimum absolute atomic E-state index is 0.0156. The van der Waals surface area contributed by atoms with Crippen molar-refractivity contribution >= 4 is 27.8 Å². The average Bonchev–Trinajstić information content (AvgIpc) is 2.94. The topological polar surface area (TPSA) is 126 Å². The fraction of sp³-hybridized carbons (Fsp3) is 0.688. The van der Waals surface area contributed by atoms with Crippen molar-refractivity contribution in [2.24, 2.45) is 0 Å². The van der Waals surface area contributed by atoms with Crippen molar-refractivity contribution < 1.29 is 34.0 Å². The lowest BCUT2D eigenvalue weighted by Gasteiger charge is -2.40. The van der Waals surface area contributed by atoms with Crippen LogP contribution in [-0.2, 0) is 9.53 Å². The fourth-order valence-corrected chi connectivity index (χ4v) is 6.11. The second kappa shape index (κ2) is 17.9. The summed E-state index contributed by atoms with van der Waals surface area (Å²) in [6.45, 7) is 4.05. The molecule has 0 unspecified atom stereocenters. The van der Waals surface area contributed by atoms with E-state index < -0.39 is 36.3 Å². The fourth-order valence-electron chi connectivity index (χ4n) is 5.20. The summed E-state index contributed by atoms with van der Waals surface area (Å²) in [4.78, 5) is 24.2. The molecule has 2 heterocycles. The van der Waals surface area contributed by atoms with Crippen molar-refractivity contribution in [3.63, 3.8) is 0 Å². The van der Waals surface area contributed by atoms with Gasteiger partial charge in [-0.25, -0.2) is 4.79 Å². The first-order chi connectivity index (χ1) is 19.8. The number of thioether (sulfide) groups is 1. The van der Waals surface area contributed by atoms with E-state index in [1.165, 1.54) is 76.3 Å². The summed E-state index contributed by atoms with van der Waals surface area (Å²) in [6.07, 6.45) is 10.1. The third kappa shape index (κ3) is 11.0. The maximum absolute atomic E-state index is 12.4. The number of benzene rings is 1. The number of hydrogen-bond acceptors (Lipinski definition) is 9. The van der Waals surface area contributed by atoms with Crippen LogP contribution in [0.25, 0.3) is 11.0 Å². The molecule has 41 heavy (non-hydrogen) atoms. The predicted octanol–water partition coefficient (Wildman–Crippen LogP) is 6.03. The van der Waals surface area contributed by atoms with Crippen LogP contribution in [0.15, 0.2) is 33.5 Å². The normalized spacial score (nSPS) is 22.7. The van der Waals surface area contributed by atoms with Crippen molar-refractivity contribution in [2.75, 3.05) is 5.75 Å². The van der Waals surface area contributed by atoms with Gasteiger partial charge in [0.2, 0.25) is 6.29 Å². The Bertz CT molecular complexity index is 1120. The maximum atomic E-state index is 12.4. The molecule has 1 aliphatic heterocycles. The van der Waals surface area contributed by atoms with E-state index in [2.05, 4.69) is 6.92 Å². The third-order valence-electron chi connectivity index (χ3n) is 7.74. The van der Waals surface area contributed by atoms with Crippen LogP contribution >= 0.6 is 11.8 Å². The van der Waals surface area contributed by atoms with Gasteiger partial charge in [0.15, 0.2) is 5.12 Å². The van der Waals surface area contributed by atoms with Gasteiger partial charge >= 0.3 is 5.63 Å². The Kier molecular flexibility index (Phi) is 14.7. The van der Waals surface area contributed by atoms with Crippen LogP contribution in [0.5, 0.6) is 5.75 Å². The number of aliphatic hydroxyl groups is 3. The first-order valence-corrected chi connectivity index (χ1v) is 16.3. The first kappa shape index (κ1) is 33.6. The van der Waals surface area contributed by atoms with E-state index in [0.29, 0.717) is 12.0 Å². The zero-order valence-electron chi connectivity index (χ0n) is 24.6. The largest absolute Gasteiger partial charge is 0.462 e. The zero-order valence-corrected chi connectivity index (χ0v) is 25.4. The summed E-state index contributed by atoms with van der Waals surface area (Å²) in [6, 6.07) is 6.29. The van der Waals surface area contributed by atoms with Crippen LogP contribution in [0.4, 0.5) is 0 Å². The molecule has 1 fully saturated rings. The molecule has 1 aliphatic rings. The Morgan fingerprint density at radius 3 is 2.10 bits per heavy atom. The number of rotatable bonds is 18. The van der Waals surface area contributed by atoms with E-state index >= 15 is 0 Å². The molecule has 5 atom stereocenters. The van der Waals surface area contributed by atoms with Gasteiger partial charge < -0.3 is 29.2 Å². The third-order valence-corrected chi connectivity index (χ3v) is 8.76. The molecule has 0 bridgehead atoms. The Labute approximate surface area is 247 Å². The van der Waals surface area contributed by atoms with Crippen LogP contribution in [0.3, 0.4) is 0 Å². The molecule has 2 aromatic rings. The summed E-state index contributed by atoms with van der Waals surface area (Å²) < 4.78 is 16.8. The molecule has 3 N–H and O–H groups in total. The van der Waals surface area contributed by atoms with Gasteiger partial charge in [0.1, 0.15) is 29.6 Å². The number of carbonyl (C=O) groups excluding carboxylic acids is 1. The lowest BCUT2D eigenvalue weighted by atomic mass is 10.00. The molecule has 1 aromatic carbocycles. The van der Waals surface area contributed by atoms with Crippen molar-refractivity contribution in [1.29, 1.82) is 0 Å². The van der Waals surface area contributed by atoms with E-state index in [1.807, 2.05) is 0 Å². The Balaban J connectivity index is 1.34. The number of unbranched alkanes of at least 4 members (excludes halogenated alkanes) is 12. The smallest absolute Gasteiger partial charge is 0.336 e. The minimum Gasteiger partial charge on any atom is -0.462 e. The summed E-state index contributed by atoms with van der Waals surface area (Å²) in [5, 5.41) is 32.0. The van der Waals surface area contributed by atoms with Gasteiger partial charge in [-0.1, -0.05) is 95.7 Å². The number of ether oxygens (including phenoxy) is 2. The molecular formula is C32H48O8S. The monoisotopic (exact) mass is 592 g/mol. The molecule has 0 amide bonds. The van der Waals surface area contributed by atoms with Crippen molar-refractivity contribution in [3.8, 4) is 5.75 Å². The number of aliphatic hydroxyl groups excluding tert-OH is 3. The lowest BCUT2D eigenvalue weighted by molar-refractivity contribution is -0.267. The molecule has 0 spiro atoms. The van der Waals surface area contributed by atoms with Crippen molar-refractivity contribution in [1.82, 2.24) is 0 Å². The number of aryl methyl sites for hydroxylation is 1. The molecule has 1 saturated heterocycles. The highest BCUT2D eigenvalue weighted by Gasteiger charge is 2.45. The van der Waals surface area contributed by atoms with Gasteiger partial charge in [-0.05, 0) is 31.0 Å². The quantitative estimate of drug-likeness (QED) is 0.140. The molecule has 8 nitrogen and oxygen atoms in total. The van der Waals surface area contributed by atoms with Crippen LogP contribution in [0.1, 0.15) is 102 Å². The van der Waals surface area contributed by atoms with Crippen LogP contribution < -0.4 is 10.4 Å². The number of carbonyl (C=O) groups is 1. The molecule has 0 radical (unpaired) electrons. The van der Waals surface area contributed by atoms with Crippen LogP contribution in [-0.4, -0.2) is 56.9 Å². The highest BCUT2D eigenvalue weighted by atomic mass is 32.2. The summed E-state index contributed by atoms with van der Waals surface area (Å²) in [7, 11) is 0. The van der Waals surface area contributed by atoms with Gasteiger partial charge in [0.25, 0.3) is 0 Å². The standard InChI is InChI=1S/C32H48O8S/c1-3-4-5-6-7-8-9-10-11-12-13-14-15-16-28(34)41-21-26-29(35)30(36)31(37)32(40-26)38-23-17-18-24-22(2)19-27(33)39-25(24)20-23/h17-20,26,29-32,35-37H,3-16,21H2,1-2H3/t26-,29+,30-,31-,32+/m0/s1. The van der Waals surface area contributed by atoms with E-state index in [0.717, 1.165) is 42.0 Å². The summed E-state index contributed by atoms with van der Waals surface area (Å²) in [5.74, 6) is 0.400. The van der Waals surface area contributed by atoms with E-state index in [9.17, 15) is 24.9 Å². The molecule has 0 saturated carbocycles. The average molecular weight is 593 g/mol. The summed E-state index contributed by atoms with van der Waals surface area (Å²) in [5.41, 5.74) is 0.598.